The second kappa shape index (κ2) is 9.14. The van der Waals surface area contributed by atoms with E-state index < -0.39 is 11.7 Å². The number of aryl methyl sites for hydroxylation is 1. The molecule has 2 atom stereocenters. The van der Waals surface area contributed by atoms with Gasteiger partial charge in [-0.2, -0.15) is 0 Å². The number of imidazole rings is 1. The monoisotopic (exact) mass is 487 g/mol. The van der Waals surface area contributed by atoms with Crippen molar-refractivity contribution in [2.75, 3.05) is 18.6 Å². The maximum absolute atomic E-state index is 13.5. The van der Waals surface area contributed by atoms with Crippen molar-refractivity contribution in [2.45, 2.75) is 37.9 Å². The largest absolute Gasteiger partial charge is 0.496 e. The summed E-state index contributed by atoms with van der Waals surface area (Å²) in [6, 6.07) is 14.1. The molecule has 5 rings (SSSR count). The summed E-state index contributed by atoms with van der Waals surface area (Å²) in [5.74, 6) is 0.881. The fourth-order valence-corrected chi connectivity index (χ4v) is 5.33. The molecule has 2 aliphatic rings. The Morgan fingerprint density at radius 1 is 1.17 bits per heavy atom. The summed E-state index contributed by atoms with van der Waals surface area (Å²) in [5.41, 5.74) is 1.10. The second-order valence-corrected chi connectivity index (χ2v) is 9.31. The van der Waals surface area contributed by atoms with Crippen molar-refractivity contribution < 1.29 is 19.1 Å². The highest BCUT2D eigenvalue weighted by Gasteiger charge is 2.52. The first-order valence-corrected chi connectivity index (χ1v) is 12.0. The number of hydrogen-bond acceptors (Lipinski definition) is 5. The number of aromatic nitrogens is 2. The molecule has 3 heterocycles. The fourth-order valence-electron chi connectivity index (χ4n) is 5.33. The first kappa shape index (κ1) is 23.6. The molecule has 36 heavy (non-hydrogen) atoms. The predicted molar refractivity (Wildman–Crippen MR) is 133 cm³/mol. The van der Waals surface area contributed by atoms with E-state index >= 15 is 0 Å². The van der Waals surface area contributed by atoms with Crippen LogP contribution in [0.25, 0.3) is 0 Å². The number of methoxy groups -OCH3 is 1. The number of fused-ring (bicyclic) bond motifs is 3. The standard InChI is InChI=1S/C27H29N5O4/c1-27-14-12-23(34)32(27)20-10-6-4-8-18(20)26(35)31(27)16-13-22(33)29-24(25-28-15-17-30(25)2)19-9-5-7-11-21(19)36-3/h4-11,15,17,24H,12-14,16H2,1-3H3,(H,29,33). The molecule has 0 saturated carbocycles. The molecule has 1 N–H and O–H groups in total. The van der Waals surface area contributed by atoms with Crippen molar-refractivity contribution in [3.05, 3.63) is 77.9 Å². The molecule has 3 amide bonds. The summed E-state index contributed by atoms with van der Waals surface area (Å²) in [4.78, 5) is 47.4. The Morgan fingerprint density at radius 2 is 1.92 bits per heavy atom. The number of carbonyl (C=O) groups excluding carboxylic acids is 3. The first-order valence-electron chi connectivity index (χ1n) is 12.0. The number of anilines is 1. The lowest BCUT2D eigenvalue weighted by molar-refractivity contribution is -0.122. The van der Waals surface area contributed by atoms with Crippen LogP contribution in [-0.4, -0.2) is 51.5 Å². The van der Waals surface area contributed by atoms with Crippen molar-refractivity contribution in [1.82, 2.24) is 19.8 Å². The number of hydrogen-bond donors (Lipinski definition) is 1. The van der Waals surface area contributed by atoms with E-state index in [4.69, 9.17) is 4.74 Å². The quantitative estimate of drug-likeness (QED) is 0.553. The SMILES string of the molecule is COc1ccccc1C(NC(=O)CCN1C(=O)c2ccccc2N2C(=O)CCC12C)c1nccn1C. The Hall–Kier alpha value is -4.14. The molecule has 2 aromatic carbocycles. The average molecular weight is 488 g/mol. The molecule has 2 aliphatic heterocycles. The smallest absolute Gasteiger partial charge is 0.257 e. The normalized spacial score (nSPS) is 19.6. The third-order valence-electron chi connectivity index (χ3n) is 7.18. The number of benzene rings is 2. The van der Waals surface area contributed by atoms with Crippen molar-refractivity contribution >= 4 is 23.4 Å². The highest BCUT2D eigenvalue weighted by molar-refractivity contribution is 6.10. The molecule has 3 aromatic rings. The molecular weight excluding hydrogens is 458 g/mol. The van der Waals surface area contributed by atoms with Gasteiger partial charge in [-0.3, -0.25) is 19.3 Å². The van der Waals surface area contributed by atoms with E-state index in [0.29, 0.717) is 35.7 Å². The zero-order valence-corrected chi connectivity index (χ0v) is 20.6. The summed E-state index contributed by atoms with van der Waals surface area (Å²) in [7, 11) is 3.46. The molecule has 0 aliphatic carbocycles. The molecule has 1 aromatic heterocycles. The molecule has 186 valence electrons. The van der Waals surface area contributed by atoms with Crippen LogP contribution in [0.2, 0.25) is 0 Å². The number of ether oxygens (including phenoxy) is 1. The molecule has 0 spiro atoms. The zero-order valence-electron chi connectivity index (χ0n) is 20.6. The summed E-state index contributed by atoms with van der Waals surface area (Å²) in [6.45, 7) is 2.08. The lowest BCUT2D eigenvalue weighted by Gasteiger charge is -2.48. The summed E-state index contributed by atoms with van der Waals surface area (Å²) >= 11 is 0. The van der Waals surface area contributed by atoms with Crippen LogP contribution in [0, 0.1) is 0 Å². The Bertz CT molecular complexity index is 1330. The van der Waals surface area contributed by atoms with Crippen molar-refractivity contribution in [3.63, 3.8) is 0 Å². The van der Waals surface area contributed by atoms with Gasteiger partial charge in [0.25, 0.3) is 5.91 Å². The van der Waals surface area contributed by atoms with Crippen LogP contribution in [0.15, 0.2) is 60.9 Å². The van der Waals surface area contributed by atoms with Crippen LogP contribution in [0.1, 0.15) is 54.0 Å². The maximum Gasteiger partial charge on any atom is 0.257 e. The van der Waals surface area contributed by atoms with Crippen molar-refractivity contribution in [1.29, 1.82) is 0 Å². The van der Waals surface area contributed by atoms with E-state index in [1.54, 1.807) is 35.2 Å². The van der Waals surface area contributed by atoms with Gasteiger partial charge in [0.15, 0.2) is 0 Å². The second-order valence-electron chi connectivity index (χ2n) is 9.31. The van der Waals surface area contributed by atoms with E-state index in [9.17, 15) is 14.4 Å². The van der Waals surface area contributed by atoms with Gasteiger partial charge in [-0.05, 0) is 31.5 Å². The summed E-state index contributed by atoms with van der Waals surface area (Å²) in [5, 5.41) is 3.09. The molecule has 2 unspecified atom stereocenters. The number of amides is 3. The van der Waals surface area contributed by atoms with Gasteiger partial charge in [-0.1, -0.05) is 30.3 Å². The van der Waals surface area contributed by atoms with Crippen LogP contribution in [-0.2, 0) is 16.6 Å². The van der Waals surface area contributed by atoms with Gasteiger partial charge in [0.2, 0.25) is 11.8 Å². The minimum absolute atomic E-state index is 0.0158. The lowest BCUT2D eigenvalue weighted by atomic mass is 9.98. The van der Waals surface area contributed by atoms with Gasteiger partial charge < -0.3 is 19.5 Å². The molecule has 1 saturated heterocycles. The van der Waals surface area contributed by atoms with Crippen LogP contribution >= 0.6 is 0 Å². The fraction of sp³-hybridized carbons (Fsp3) is 0.333. The third kappa shape index (κ3) is 3.80. The van der Waals surface area contributed by atoms with Gasteiger partial charge in [0, 0.05) is 44.4 Å². The number of para-hydroxylation sites is 2. The van der Waals surface area contributed by atoms with Crippen LogP contribution in [0.3, 0.4) is 0 Å². The van der Waals surface area contributed by atoms with Gasteiger partial charge in [-0.15, -0.1) is 0 Å². The number of rotatable bonds is 7. The average Bonchev–Trinajstić information content (AvgIpc) is 3.44. The van der Waals surface area contributed by atoms with Gasteiger partial charge in [0.05, 0.1) is 18.4 Å². The highest BCUT2D eigenvalue weighted by atomic mass is 16.5. The minimum Gasteiger partial charge on any atom is -0.496 e. The van der Waals surface area contributed by atoms with E-state index in [-0.39, 0.29) is 30.7 Å². The van der Waals surface area contributed by atoms with Crippen LogP contribution in [0.4, 0.5) is 5.69 Å². The molecule has 9 nitrogen and oxygen atoms in total. The minimum atomic E-state index is -0.801. The van der Waals surface area contributed by atoms with Crippen molar-refractivity contribution in [2.24, 2.45) is 7.05 Å². The molecule has 0 radical (unpaired) electrons. The predicted octanol–water partition coefficient (Wildman–Crippen LogP) is 3.02. The lowest BCUT2D eigenvalue weighted by Crippen LogP contribution is -2.62. The Morgan fingerprint density at radius 3 is 2.67 bits per heavy atom. The molecule has 1 fully saturated rings. The number of carbonyl (C=O) groups is 3. The van der Waals surface area contributed by atoms with Crippen molar-refractivity contribution in [3.8, 4) is 5.75 Å². The van der Waals surface area contributed by atoms with Gasteiger partial charge in [-0.25, -0.2) is 4.98 Å². The zero-order chi connectivity index (χ0) is 25.4. The molecule has 0 bridgehead atoms. The van der Waals surface area contributed by atoms with Crippen LogP contribution in [0.5, 0.6) is 5.75 Å². The Labute approximate surface area is 209 Å². The van der Waals surface area contributed by atoms with Crippen LogP contribution < -0.4 is 15.0 Å². The van der Waals surface area contributed by atoms with Gasteiger partial charge in [0.1, 0.15) is 23.3 Å². The third-order valence-corrected chi connectivity index (χ3v) is 7.18. The number of nitrogens with one attached hydrogen (secondary N) is 1. The summed E-state index contributed by atoms with van der Waals surface area (Å²) < 4.78 is 7.39. The number of nitrogens with zero attached hydrogens (tertiary/aromatic N) is 4. The van der Waals surface area contributed by atoms with E-state index in [1.807, 2.05) is 61.1 Å². The Balaban J connectivity index is 1.39. The summed E-state index contributed by atoms with van der Waals surface area (Å²) in [6.07, 6.45) is 4.45. The molecular formula is C27H29N5O4. The molecule has 9 heteroatoms. The van der Waals surface area contributed by atoms with E-state index in [2.05, 4.69) is 10.3 Å². The Kier molecular flexibility index (Phi) is 5.99. The first-order chi connectivity index (χ1) is 17.3. The maximum atomic E-state index is 13.5. The van der Waals surface area contributed by atoms with E-state index in [1.165, 1.54) is 0 Å². The van der Waals surface area contributed by atoms with Gasteiger partial charge >= 0.3 is 0 Å². The van der Waals surface area contributed by atoms with E-state index in [0.717, 1.165) is 5.56 Å². The highest BCUT2D eigenvalue weighted by Crippen LogP contribution is 2.44. The topological polar surface area (TPSA) is 96.8 Å².